The largest absolute Gasteiger partial charge is 0.329 e. The second kappa shape index (κ2) is 7.51. The Bertz CT molecular complexity index is 343. The third kappa shape index (κ3) is 4.08. The summed E-state index contributed by atoms with van der Waals surface area (Å²) in [5.74, 6) is 0. The van der Waals surface area contributed by atoms with Gasteiger partial charge in [0.05, 0.1) is 5.69 Å². The van der Waals surface area contributed by atoms with Gasteiger partial charge in [0.25, 0.3) is 0 Å². The molecule has 5 heteroatoms. The van der Waals surface area contributed by atoms with E-state index in [4.69, 9.17) is 5.73 Å². The van der Waals surface area contributed by atoms with E-state index in [2.05, 4.69) is 35.4 Å². The zero-order valence-electron chi connectivity index (χ0n) is 12.1. The predicted molar refractivity (Wildman–Crippen MR) is 75.5 cm³/mol. The van der Waals surface area contributed by atoms with Crippen LogP contribution in [0.5, 0.6) is 0 Å². The number of hydrogen-bond acceptors (Lipinski definition) is 4. The van der Waals surface area contributed by atoms with Crippen molar-refractivity contribution in [2.45, 2.75) is 26.8 Å². The average Bonchev–Trinajstić information content (AvgIpc) is 2.69. The van der Waals surface area contributed by atoms with E-state index >= 15 is 0 Å². The standard InChI is InChI=1S/C13H27N5/c1-5-18(6-2)8-7-15-13(9-14)12-10-17(4)16-11(12)3/h10,13,15H,5-9,14H2,1-4H3. The summed E-state index contributed by atoms with van der Waals surface area (Å²) >= 11 is 0. The Kier molecular flexibility index (Phi) is 6.32. The highest BCUT2D eigenvalue weighted by Gasteiger charge is 2.14. The minimum Gasteiger partial charge on any atom is -0.329 e. The number of hydrogen-bond donors (Lipinski definition) is 2. The lowest BCUT2D eigenvalue weighted by molar-refractivity contribution is 0.296. The first kappa shape index (κ1) is 15.1. The topological polar surface area (TPSA) is 59.1 Å². The normalized spacial score (nSPS) is 13.2. The summed E-state index contributed by atoms with van der Waals surface area (Å²) in [5.41, 5.74) is 8.12. The summed E-state index contributed by atoms with van der Waals surface area (Å²) in [6.07, 6.45) is 2.05. The van der Waals surface area contributed by atoms with Crippen molar-refractivity contribution in [3.05, 3.63) is 17.5 Å². The fourth-order valence-electron chi connectivity index (χ4n) is 2.22. The van der Waals surface area contributed by atoms with E-state index in [0.717, 1.165) is 31.9 Å². The van der Waals surface area contributed by atoms with Crippen LogP contribution in [0.15, 0.2) is 6.20 Å². The van der Waals surface area contributed by atoms with Gasteiger partial charge in [-0.3, -0.25) is 4.68 Å². The third-order valence-electron chi connectivity index (χ3n) is 3.38. The van der Waals surface area contributed by atoms with Crippen molar-refractivity contribution in [3.8, 4) is 0 Å². The van der Waals surface area contributed by atoms with Crippen molar-refractivity contribution in [1.29, 1.82) is 0 Å². The first-order valence-electron chi connectivity index (χ1n) is 6.78. The maximum absolute atomic E-state index is 5.85. The van der Waals surface area contributed by atoms with Crippen LogP contribution in [0.3, 0.4) is 0 Å². The Balaban J connectivity index is 2.50. The Morgan fingerprint density at radius 3 is 2.56 bits per heavy atom. The van der Waals surface area contributed by atoms with Crippen LogP contribution in [-0.4, -0.2) is 47.4 Å². The van der Waals surface area contributed by atoms with Crippen molar-refractivity contribution in [3.63, 3.8) is 0 Å². The maximum Gasteiger partial charge on any atom is 0.0641 e. The van der Waals surface area contributed by atoms with Crippen LogP contribution in [0.1, 0.15) is 31.1 Å². The summed E-state index contributed by atoms with van der Waals surface area (Å²) in [5, 5.41) is 7.89. The van der Waals surface area contributed by atoms with E-state index in [0.29, 0.717) is 6.54 Å². The Hall–Kier alpha value is -0.910. The molecule has 0 amide bonds. The predicted octanol–water partition coefficient (Wildman–Crippen LogP) is 0.660. The van der Waals surface area contributed by atoms with Crippen LogP contribution in [0.25, 0.3) is 0 Å². The molecule has 1 heterocycles. The SMILES string of the molecule is CCN(CC)CCNC(CN)c1cn(C)nc1C. The minimum absolute atomic E-state index is 0.203. The van der Waals surface area contributed by atoms with E-state index < -0.39 is 0 Å². The molecule has 0 radical (unpaired) electrons. The molecule has 0 saturated carbocycles. The zero-order valence-corrected chi connectivity index (χ0v) is 12.1. The van der Waals surface area contributed by atoms with E-state index in [9.17, 15) is 0 Å². The highest BCUT2D eigenvalue weighted by Crippen LogP contribution is 2.14. The second-order valence-corrected chi connectivity index (χ2v) is 4.61. The Morgan fingerprint density at radius 2 is 2.11 bits per heavy atom. The van der Waals surface area contributed by atoms with Crippen LogP contribution in [0.2, 0.25) is 0 Å². The van der Waals surface area contributed by atoms with Gasteiger partial charge >= 0.3 is 0 Å². The molecule has 18 heavy (non-hydrogen) atoms. The molecule has 1 aromatic rings. The van der Waals surface area contributed by atoms with Gasteiger partial charge in [-0.1, -0.05) is 13.8 Å². The zero-order chi connectivity index (χ0) is 13.5. The van der Waals surface area contributed by atoms with Crippen molar-refractivity contribution >= 4 is 0 Å². The average molecular weight is 253 g/mol. The molecule has 0 bridgehead atoms. The van der Waals surface area contributed by atoms with Crippen LogP contribution in [-0.2, 0) is 7.05 Å². The van der Waals surface area contributed by atoms with Crippen molar-refractivity contribution in [2.24, 2.45) is 12.8 Å². The number of rotatable bonds is 8. The molecule has 0 aliphatic heterocycles. The summed E-state index contributed by atoms with van der Waals surface area (Å²) in [6.45, 7) is 11.2. The van der Waals surface area contributed by atoms with Crippen molar-refractivity contribution in [2.75, 3.05) is 32.7 Å². The smallest absolute Gasteiger partial charge is 0.0641 e. The van der Waals surface area contributed by atoms with Gasteiger partial charge in [-0.2, -0.15) is 5.10 Å². The summed E-state index contributed by atoms with van der Waals surface area (Å²) < 4.78 is 1.85. The molecule has 0 saturated heterocycles. The number of nitrogens with two attached hydrogens (primary N) is 1. The van der Waals surface area contributed by atoms with Crippen LogP contribution in [0, 0.1) is 6.92 Å². The summed E-state index contributed by atoms with van der Waals surface area (Å²) in [6, 6.07) is 0.203. The van der Waals surface area contributed by atoms with Crippen LogP contribution in [0.4, 0.5) is 0 Å². The molecule has 0 aliphatic rings. The quantitative estimate of drug-likeness (QED) is 0.714. The molecule has 104 valence electrons. The number of nitrogens with zero attached hydrogens (tertiary/aromatic N) is 3. The second-order valence-electron chi connectivity index (χ2n) is 4.61. The summed E-state index contributed by atoms with van der Waals surface area (Å²) in [7, 11) is 1.94. The molecule has 0 aromatic carbocycles. The third-order valence-corrected chi connectivity index (χ3v) is 3.38. The van der Waals surface area contributed by atoms with Gasteiger partial charge in [-0.15, -0.1) is 0 Å². The number of nitrogens with one attached hydrogen (secondary N) is 1. The van der Waals surface area contributed by atoms with E-state index in [-0.39, 0.29) is 6.04 Å². The van der Waals surface area contributed by atoms with Gasteiger partial charge in [0.15, 0.2) is 0 Å². The van der Waals surface area contributed by atoms with Crippen molar-refractivity contribution in [1.82, 2.24) is 20.0 Å². The van der Waals surface area contributed by atoms with Gasteiger partial charge in [0.2, 0.25) is 0 Å². The molecular formula is C13H27N5. The minimum atomic E-state index is 0.203. The lowest BCUT2D eigenvalue weighted by atomic mass is 10.1. The fourth-order valence-corrected chi connectivity index (χ4v) is 2.22. The van der Waals surface area contributed by atoms with Gasteiger partial charge in [-0.25, -0.2) is 0 Å². The van der Waals surface area contributed by atoms with Gasteiger partial charge < -0.3 is 16.0 Å². The monoisotopic (exact) mass is 253 g/mol. The van der Waals surface area contributed by atoms with Crippen molar-refractivity contribution < 1.29 is 0 Å². The molecular weight excluding hydrogens is 226 g/mol. The van der Waals surface area contributed by atoms with Crippen LogP contribution >= 0.6 is 0 Å². The molecule has 1 atom stereocenters. The highest BCUT2D eigenvalue weighted by atomic mass is 15.3. The summed E-state index contributed by atoms with van der Waals surface area (Å²) in [4.78, 5) is 2.40. The van der Waals surface area contributed by atoms with E-state index in [1.54, 1.807) is 0 Å². The first-order valence-corrected chi connectivity index (χ1v) is 6.78. The van der Waals surface area contributed by atoms with Gasteiger partial charge in [0, 0.05) is 44.5 Å². The molecule has 3 N–H and O–H groups in total. The lowest BCUT2D eigenvalue weighted by Crippen LogP contribution is -2.36. The molecule has 1 rings (SSSR count). The molecule has 1 unspecified atom stereocenters. The Morgan fingerprint density at radius 1 is 1.44 bits per heavy atom. The van der Waals surface area contributed by atoms with Crippen LogP contribution < -0.4 is 11.1 Å². The Labute approximate surface area is 110 Å². The molecule has 1 aromatic heterocycles. The lowest BCUT2D eigenvalue weighted by Gasteiger charge is -2.21. The number of aromatic nitrogens is 2. The molecule has 0 aliphatic carbocycles. The number of aryl methyl sites for hydroxylation is 2. The first-order chi connectivity index (χ1) is 8.62. The van der Waals surface area contributed by atoms with E-state index in [1.165, 1.54) is 5.56 Å². The number of likely N-dealkylation sites (N-methyl/N-ethyl adjacent to an activating group) is 1. The van der Waals surface area contributed by atoms with Gasteiger partial charge in [-0.05, 0) is 20.0 Å². The maximum atomic E-state index is 5.85. The highest BCUT2D eigenvalue weighted by molar-refractivity contribution is 5.20. The molecule has 0 fully saturated rings. The van der Waals surface area contributed by atoms with Gasteiger partial charge in [0.1, 0.15) is 0 Å². The molecule has 5 nitrogen and oxygen atoms in total. The fraction of sp³-hybridized carbons (Fsp3) is 0.769. The molecule has 0 spiro atoms. The van der Waals surface area contributed by atoms with E-state index in [1.807, 2.05) is 18.7 Å².